The predicted molar refractivity (Wildman–Crippen MR) is 142 cm³/mol. The molecule has 2 aliphatic heterocycles. The van der Waals surface area contributed by atoms with Gasteiger partial charge in [-0.2, -0.15) is 5.26 Å². The Hall–Kier alpha value is -2.87. The molecular weight excluding hydrogens is 491 g/mol. The number of urea groups is 1. The Morgan fingerprint density at radius 2 is 1.97 bits per heavy atom. The molecule has 10 heteroatoms. The number of nitriles is 1. The van der Waals surface area contributed by atoms with Crippen molar-refractivity contribution in [1.82, 2.24) is 20.1 Å². The maximum absolute atomic E-state index is 13.3. The van der Waals surface area contributed by atoms with E-state index in [2.05, 4.69) is 31.5 Å². The SMILES string of the molecule is CC(=O)c1sc(NC(=O)N[C@H]2CN(CC#N)CC[C@H]2CN2CCC[C@@H](Cc3ccc(F)cc3)C2)nc1C. The summed E-state index contributed by atoms with van der Waals surface area (Å²) in [5.41, 5.74) is 1.78. The Morgan fingerprint density at radius 3 is 2.68 bits per heavy atom. The number of ketones is 1. The lowest BCUT2D eigenvalue weighted by atomic mass is 9.87. The van der Waals surface area contributed by atoms with Crippen molar-refractivity contribution in [3.05, 3.63) is 46.2 Å². The van der Waals surface area contributed by atoms with E-state index in [4.69, 9.17) is 0 Å². The molecule has 2 amide bonds. The topological polar surface area (TPSA) is 101 Å². The number of aryl methyl sites for hydroxylation is 1. The van der Waals surface area contributed by atoms with Crippen LogP contribution in [0.3, 0.4) is 0 Å². The number of amides is 2. The van der Waals surface area contributed by atoms with E-state index in [0.29, 0.717) is 34.7 Å². The van der Waals surface area contributed by atoms with E-state index in [1.165, 1.54) is 36.0 Å². The summed E-state index contributed by atoms with van der Waals surface area (Å²) in [5, 5.41) is 15.5. The molecule has 2 saturated heterocycles. The Balaban J connectivity index is 1.37. The fraction of sp³-hybridized carbons (Fsp3) is 0.556. The maximum atomic E-state index is 13.3. The number of Topliss-reactive ketones (excluding diaryl/α,β-unsaturated/α-hetero) is 1. The molecule has 198 valence electrons. The molecule has 0 saturated carbocycles. The van der Waals surface area contributed by atoms with Crippen molar-refractivity contribution in [3.8, 4) is 6.07 Å². The predicted octanol–water partition coefficient (Wildman–Crippen LogP) is 4.08. The van der Waals surface area contributed by atoms with Gasteiger partial charge in [-0.25, -0.2) is 14.2 Å². The average molecular weight is 527 g/mol. The number of rotatable bonds is 8. The zero-order chi connectivity index (χ0) is 26.4. The summed E-state index contributed by atoms with van der Waals surface area (Å²) in [6.07, 6.45) is 4.13. The molecule has 0 radical (unpaired) electrons. The summed E-state index contributed by atoms with van der Waals surface area (Å²) < 4.78 is 13.3. The Morgan fingerprint density at radius 1 is 1.19 bits per heavy atom. The van der Waals surface area contributed by atoms with Crippen molar-refractivity contribution in [2.45, 2.75) is 45.6 Å². The third-order valence-electron chi connectivity index (χ3n) is 7.32. The molecular formula is C27H35FN6O2S. The molecule has 3 heterocycles. The van der Waals surface area contributed by atoms with Gasteiger partial charge >= 0.3 is 6.03 Å². The standard InChI is InChI=1S/C27H35FN6O2S/c1-18-25(19(2)35)37-27(30-18)32-26(36)31-24-17-33(13-10-29)12-9-22(24)16-34-11-3-4-21(15-34)14-20-5-7-23(28)8-6-20/h5-8,21-22,24H,3-4,9,11-17H2,1-2H3,(H2,30,31,32,36)/t21-,22-,24-/m0/s1. The lowest BCUT2D eigenvalue weighted by Crippen LogP contribution is -2.56. The Labute approximate surface area is 221 Å². The molecule has 1 aromatic heterocycles. The van der Waals surface area contributed by atoms with E-state index in [-0.39, 0.29) is 29.6 Å². The summed E-state index contributed by atoms with van der Waals surface area (Å²) in [7, 11) is 0. The van der Waals surface area contributed by atoms with Crippen LogP contribution < -0.4 is 10.6 Å². The van der Waals surface area contributed by atoms with Crippen LogP contribution in [0, 0.1) is 35.9 Å². The van der Waals surface area contributed by atoms with Gasteiger partial charge in [-0.3, -0.25) is 15.0 Å². The first kappa shape index (κ1) is 27.2. The van der Waals surface area contributed by atoms with E-state index in [0.717, 1.165) is 51.9 Å². The zero-order valence-corrected chi connectivity index (χ0v) is 22.3. The molecule has 2 N–H and O–H groups in total. The molecule has 3 atom stereocenters. The first-order chi connectivity index (χ1) is 17.8. The Kier molecular flexibility index (Phi) is 9.24. The second-order valence-corrected chi connectivity index (χ2v) is 11.2. The fourth-order valence-electron chi connectivity index (χ4n) is 5.54. The van der Waals surface area contributed by atoms with Crippen LogP contribution in [0.25, 0.3) is 0 Å². The highest BCUT2D eigenvalue weighted by Crippen LogP contribution is 2.26. The highest BCUT2D eigenvalue weighted by molar-refractivity contribution is 7.17. The summed E-state index contributed by atoms with van der Waals surface area (Å²) in [5.74, 6) is 0.512. The molecule has 4 rings (SSSR count). The number of hydrogen-bond donors (Lipinski definition) is 2. The number of likely N-dealkylation sites (tertiary alicyclic amines) is 2. The van der Waals surface area contributed by atoms with Crippen LogP contribution in [0.2, 0.25) is 0 Å². The quantitative estimate of drug-likeness (QED) is 0.397. The molecule has 2 aliphatic rings. The molecule has 2 fully saturated rings. The lowest BCUT2D eigenvalue weighted by Gasteiger charge is -2.42. The van der Waals surface area contributed by atoms with Gasteiger partial charge in [-0.15, -0.1) is 0 Å². The number of nitrogens with zero attached hydrogens (tertiary/aromatic N) is 4. The summed E-state index contributed by atoms with van der Waals surface area (Å²) in [6.45, 7) is 7.94. The lowest BCUT2D eigenvalue weighted by molar-refractivity contribution is 0.0952. The molecule has 0 aliphatic carbocycles. The minimum Gasteiger partial charge on any atom is -0.333 e. The van der Waals surface area contributed by atoms with Gasteiger partial charge in [0.1, 0.15) is 5.82 Å². The van der Waals surface area contributed by atoms with Crippen LogP contribution in [0.4, 0.5) is 14.3 Å². The van der Waals surface area contributed by atoms with Crippen molar-refractivity contribution in [2.75, 3.05) is 44.6 Å². The highest BCUT2D eigenvalue weighted by Gasteiger charge is 2.33. The zero-order valence-electron chi connectivity index (χ0n) is 21.5. The number of hydrogen-bond acceptors (Lipinski definition) is 7. The average Bonchev–Trinajstić information content (AvgIpc) is 3.22. The van der Waals surface area contributed by atoms with Gasteiger partial charge in [0.25, 0.3) is 0 Å². The Bertz CT molecular complexity index is 1130. The second kappa shape index (κ2) is 12.6. The first-order valence-electron chi connectivity index (χ1n) is 12.9. The van der Waals surface area contributed by atoms with Gasteiger partial charge in [0.05, 0.1) is 23.2 Å². The highest BCUT2D eigenvalue weighted by atomic mass is 32.1. The van der Waals surface area contributed by atoms with Gasteiger partial charge in [-0.1, -0.05) is 23.5 Å². The van der Waals surface area contributed by atoms with E-state index in [1.54, 1.807) is 6.92 Å². The fourth-order valence-corrected chi connectivity index (χ4v) is 6.40. The summed E-state index contributed by atoms with van der Waals surface area (Å²) in [6, 6.07) is 8.58. The number of carbonyl (C=O) groups excluding carboxylic acids is 2. The number of aromatic nitrogens is 1. The van der Waals surface area contributed by atoms with Gasteiger partial charge < -0.3 is 10.2 Å². The van der Waals surface area contributed by atoms with E-state index >= 15 is 0 Å². The van der Waals surface area contributed by atoms with Gasteiger partial charge in [-0.05, 0) is 75.2 Å². The maximum Gasteiger partial charge on any atom is 0.321 e. The van der Waals surface area contributed by atoms with Crippen LogP contribution in [0.1, 0.15) is 47.1 Å². The monoisotopic (exact) mass is 526 g/mol. The van der Waals surface area contributed by atoms with Crippen LogP contribution in [0.5, 0.6) is 0 Å². The summed E-state index contributed by atoms with van der Waals surface area (Å²) >= 11 is 1.18. The second-order valence-electron chi connectivity index (χ2n) is 10.2. The minimum atomic E-state index is -0.342. The van der Waals surface area contributed by atoms with E-state index < -0.39 is 0 Å². The van der Waals surface area contributed by atoms with Crippen molar-refractivity contribution >= 4 is 28.3 Å². The van der Waals surface area contributed by atoms with Gasteiger partial charge in [0, 0.05) is 32.6 Å². The number of halogens is 1. The molecule has 0 bridgehead atoms. The van der Waals surface area contributed by atoms with Crippen LogP contribution >= 0.6 is 11.3 Å². The number of anilines is 1. The molecule has 0 unspecified atom stereocenters. The molecule has 37 heavy (non-hydrogen) atoms. The number of benzene rings is 1. The van der Waals surface area contributed by atoms with Crippen molar-refractivity contribution in [1.29, 1.82) is 5.26 Å². The third kappa shape index (κ3) is 7.57. The molecule has 1 aromatic carbocycles. The molecule has 2 aromatic rings. The molecule has 0 spiro atoms. The smallest absolute Gasteiger partial charge is 0.321 e. The number of nitrogens with one attached hydrogen (secondary N) is 2. The number of thiazole rings is 1. The minimum absolute atomic E-state index is 0.0674. The number of carbonyl (C=O) groups is 2. The van der Waals surface area contributed by atoms with Crippen molar-refractivity contribution < 1.29 is 14.0 Å². The van der Waals surface area contributed by atoms with Crippen LogP contribution in [-0.4, -0.2) is 71.9 Å². The largest absolute Gasteiger partial charge is 0.333 e. The van der Waals surface area contributed by atoms with E-state index in [9.17, 15) is 19.2 Å². The van der Waals surface area contributed by atoms with Crippen LogP contribution in [-0.2, 0) is 6.42 Å². The summed E-state index contributed by atoms with van der Waals surface area (Å²) in [4.78, 5) is 34.1. The molecule has 8 nitrogen and oxygen atoms in total. The third-order valence-corrected chi connectivity index (χ3v) is 8.49. The number of piperidine rings is 2. The first-order valence-corrected chi connectivity index (χ1v) is 13.7. The van der Waals surface area contributed by atoms with E-state index in [1.807, 2.05) is 12.1 Å². The van der Waals surface area contributed by atoms with Crippen LogP contribution in [0.15, 0.2) is 24.3 Å². The van der Waals surface area contributed by atoms with Crippen molar-refractivity contribution in [3.63, 3.8) is 0 Å². The van der Waals surface area contributed by atoms with Gasteiger partial charge in [0.15, 0.2) is 10.9 Å². The normalized spacial score (nSPS) is 22.8. The van der Waals surface area contributed by atoms with Gasteiger partial charge in [0.2, 0.25) is 0 Å². The van der Waals surface area contributed by atoms with Crippen molar-refractivity contribution in [2.24, 2.45) is 11.8 Å².